The van der Waals surface area contributed by atoms with Crippen LogP contribution in [-0.2, 0) is 5.41 Å². The topological polar surface area (TPSA) is 12.0 Å². The first kappa shape index (κ1) is 14.6. The van der Waals surface area contributed by atoms with Gasteiger partial charge in [0.25, 0.3) is 0 Å². The van der Waals surface area contributed by atoms with Gasteiger partial charge in [-0.25, -0.2) is 4.39 Å². The van der Waals surface area contributed by atoms with E-state index in [2.05, 4.69) is 29.6 Å². The van der Waals surface area contributed by atoms with Gasteiger partial charge in [0.1, 0.15) is 5.82 Å². The van der Waals surface area contributed by atoms with Crippen LogP contribution in [0.3, 0.4) is 0 Å². The van der Waals surface area contributed by atoms with Crippen LogP contribution in [0.2, 0.25) is 5.02 Å². The molecule has 1 aliphatic carbocycles. The van der Waals surface area contributed by atoms with Gasteiger partial charge in [-0.05, 0) is 49.1 Å². The Morgan fingerprint density at radius 2 is 1.90 bits per heavy atom. The minimum absolute atomic E-state index is 0.0139. The van der Waals surface area contributed by atoms with Gasteiger partial charge in [-0.15, -0.1) is 0 Å². The molecule has 0 saturated heterocycles. The normalized spacial score (nSPS) is 24.6. The van der Waals surface area contributed by atoms with Crippen LogP contribution in [0.15, 0.2) is 48.5 Å². The molecule has 21 heavy (non-hydrogen) atoms. The van der Waals surface area contributed by atoms with E-state index in [0.29, 0.717) is 10.9 Å². The number of rotatable bonds is 4. The Morgan fingerprint density at radius 3 is 2.52 bits per heavy atom. The number of likely N-dealkylation sites (N-methyl/N-ethyl adjacent to an activating group) is 1. The highest BCUT2D eigenvalue weighted by molar-refractivity contribution is 6.31. The van der Waals surface area contributed by atoms with Crippen molar-refractivity contribution in [3.05, 3.63) is 70.5 Å². The number of halogens is 2. The molecule has 0 unspecified atom stereocenters. The van der Waals surface area contributed by atoms with E-state index in [0.717, 1.165) is 24.9 Å². The summed E-state index contributed by atoms with van der Waals surface area (Å²) in [5, 5.41) is 3.81. The first-order chi connectivity index (χ1) is 10.1. The van der Waals surface area contributed by atoms with E-state index in [4.69, 9.17) is 11.6 Å². The summed E-state index contributed by atoms with van der Waals surface area (Å²) >= 11 is 6.29. The molecule has 1 N–H and O–H groups in total. The van der Waals surface area contributed by atoms with Gasteiger partial charge in [0, 0.05) is 17.0 Å². The third-order valence-corrected chi connectivity index (χ3v) is 4.88. The summed E-state index contributed by atoms with van der Waals surface area (Å²) in [4.78, 5) is 0. The zero-order chi connectivity index (χ0) is 14.9. The Kier molecular flexibility index (Phi) is 4.01. The summed E-state index contributed by atoms with van der Waals surface area (Å²) in [6.07, 6.45) is 2.09. The van der Waals surface area contributed by atoms with Crippen molar-refractivity contribution in [2.45, 2.75) is 24.2 Å². The molecule has 3 heteroatoms. The molecule has 0 atom stereocenters. The highest BCUT2D eigenvalue weighted by Crippen LogP contribution is 2.53. The van der Waals surface area contributed by atoms with E-state index in [-0.39, 0.29) is 11.2 Å². The number of nitrogens with one attached hydrogen (secondary N) is 1. The smallest absolute Gasteiger partial charge is 0.124 e. The minimum atomic E-state index is -0.276. The standard InChI is InChI=1S/C18H19ClFN/c1-21-12-18(16-8-7-15(20)9-17(16)19)10-14(11-18)13-5-3-2-4-6-13/h2-9,14,21H,10-12H2,1H3. The predicted molar refractivity (Wildman–Crippen MR) is 85.4 cm³/mol. The fourth-order valence-electron chi connectivity index (χ4n) is 3.56. The van der Waals surface area contributed by atoms with Gasteiger partial charge >= 0.3 is 0 Å². The van der Waals surface area contributed by atoms with Crippen LogP contribution in [0.5, 0.6) is 0 Å². The Morgan fingerprint density at radius 1 is 1.19 bits per heavy atom. The first-order valence-electron chi connectivity index (χ1n) is 7.30. The molecule has 110 valence electrons. The Bertz CT molecular complexity index is 620. The number of hydrogen-bond donors (Lipinski definition) is 1. The van der Waals surface area contributed by atoms with Crippen LogP contribution in [0.25, 0.3) is 0 Å². The second-order valence-electron chi connectivity index (χ2n) is 5.95. The van der Waals surface area contributed by atoms with Gasteiger partial charge < -0.3 is 5.32 Å². The van der Waals surface area contributed by atoms with Crippen molar-refractivity contribution in [3.8, 4) is 0 Å². The summed E-state index contributed by atoms with van der Waals surface area (Å²) in [5.74, 6) is 0.281. The second kappa shape index (κ2) is 5.78. The van der Waals surface area contributed by atoms with Crippen LogP contribution in [-0.4, -0.2) is 13.6 Å². The third-order valence-electron chi connectivity index (χ3n) is 4.56. The molecule has 0 spiro atoms. The second-order valence-corrected chi connectivity index (χ2v) is 6.36. The SMILES string of the molecule is CNCC1(c2ccc(F)cc2Cl)CC(c2ccccc2)C1. The largest absolute Gasteiger partial charge is 0.319 e. The van der Waals surface area contributed by atoms with E-state index >= 15 is 0 Å². The maximum Gasteiger partial charge on any atom is 0.124 e. The minimum Gasteiger partial charge on any atom is -0.319 e. The highest BCUT2D eigenvalue weighted by Gasteiger charge is 2.46. The van der Waals surface area contributed by atoms with Gasteiger partial charge in [0.2, 0.25) is 0 Å². The van der Waals surface area contributed by atoms with Crippen LogP contribution < -0.4 is 5.32 Å². The van der Waals surface area contributed by atoms with E-state index in [1.165, 1.54) is 17.7 Å². The Hall–Kier alpha value is -1.38. The average Bonchev–Trinajstić information content (AvgIpc) is 2.44. The maximum atomic E-state index is 13.3. The van der Waals surface area contributed by atoms with Crippen LogP contribution >= 0.6 is 11.6 Å². The molecule has 2 aromatic rings. The van der Waals surface area contributed by atoms with E-state index in [1.807, 2.05) is 19.2 Å². The van der Waals surface area contributed by atoms with Crippen LogP contribution in [0, 0.1) is 5.82 Å². The highest BCUT2D eigenvalue weighted by atomic mass is 35.5. The quantitative estimate of drug-likeness (QED) is 0.876. The molecule has 1 nitrogen and oxygen atoms in total. The zero-order valence-corrected chi connectivity index (χ0v) is 12.8. The van der Waals surface area contributed by atoms with Gasteiger partial charge in [0.05, 0.1) is 0 Å². The molecular formula is C18H19ClFN. The van der Waals surface area contributed by atoms with Gasteiger partial charge in [-0.1, -0.05) is 48.0 Å². The van der Waals surface area contributed by atoms with Crippen molar-refractivity contribution in [2.75, 3.05) is 13.6 Å². The zero-order valence-electron chi connectivity index (χ0n) is 12.1. The predicted octanol–water partition coefficient (Wildman–Crippen LogP) is 4.51. The van der Waals surface area contributed by atoms with Gasteiger partial charge in [-0.2, -0.15) is 0 Å². The van der Waals surface area contributed by atoms with Gasteiger partial charge in [-0.3, -0.25) is 0 Å². The van der Waals surface area contributed by atoms with E-state index in [1.54, 1.807) is 0 Å². The lowest BCUT2D eigenvalue weighted by Crippen LogP contribution is -2.47. The number of hydrogen-bond acceptors (Lipinski definition) is 1. The van der Waals surface area contributed by atoms with Crippen LogP contribution in [0.4, 0.5) is 4.39 Å². The average molecular weight is 304 g/mol. The molecule has 0 amide bonds. The summed E-state index contributed by atoms with van der Waals surface area (Å²) in [5.41, 5.74) is 2.45. The maximum absolute atomic E-state index is 13.3. The first-order valence-corrected chi connectivity index (χ1v) is 7.67. The van der Waals surface area contributed by atoms with Crippen molar-refractivity contribution < 1.29 is 4.39 Å². The molecule has 0 aliphatic heterocycles. The van der Waals surface area contributed by atoms with Crippen LogP contribution in [0.1, 0.15) is 29.9 Å². The molecule has 0 aromatic heterocycles. The summed E-state index contributed by atoms with van der Waals surface area (Å²) in [6.45, 7) is 0.863. The van der Waals surface area contributed by atoms with E-state index in [9.17, 15) is 4.39 Å². The van der Waals surface area contributed by atoms with Crippen molar-refractivity contribution in [2.24, 2.45) is 0 Å². The Labute approximate surface area is 130 Å². The molecule has 2 aromatic carbocycles. The van der Waals surface area contributed by atoms with Crippen molar-refractivity contribution in [1.82, 2.24) is 5.32 Å². The molecular weight excluding hydrogens is 285 g/mol. The molecule has 1 aliphatic rings. The molecule has 3 rings (SSSR count). The molecule has 1 saturated carbocycles. The summed E-state index contributed by atoms with van der Waals surface area (Å²) < 4.78 is 13.3. The van der Waals surface area contributed by atoms with Crippen molar-refractivity contribution in [3.63, 3.8) is 0 Å². The Balaban J connectivity index is 1.87. The number of benzene rings is 2. The summed E-state index contributed by atoms with van der Waals surface area (Å²) in [6, 6.07) is 15.3. The van der Waals surface area contributed by atoms with Crippen molar-refractivity contribution >= 4 is 11.6 Å². The third kappa shape index (κ3) is 2.70. The lowest BCUT2D eigenvalue weighted by atomic mass is 9.57. The van der Waals surface area contributed by atoms with Gasteiger partial charge in [0.15, 0.2) is 0 Å². The molecule has 1 fully saturated rings. The fourth-order valence-corrected chi connectivity index (χ4v) is 3.93. The molecule has 0 radical (unpaired) electrons. The van der Waals surface area contributed by atoms with E-state index < -0.39 is 0 Å². The fraction of sp³-hybridized carbons (Fsp3) is 0.333. The lowest BCUT2D eigenvalue weighted by Gasteiger charge is -2.49. The monoisotopic (exact) mass is 303 g/mol. The van der Waals surface area contributed by atoms with Crippen molar-refractivity contribution in [1.29, 1.82) is 0 Å². The summed E-state index contributed by atoms with van der Waals surface area (Å²) in [7, 11) is 1.95. The lowest BCUT2D eigenvalue weighted by molar-refractivity contribution is 0.198. The molecule has 0 heterocycles. The molecule has 0 bridgehead atoms.